The zero-order valence-corrected chi connectivity index (χ0v) is 16.5. The van der Waals surface area contributed by atoms with Gasteiger partial charge in [0, 0.05) is 18.5 Å². The first-order valence-corrected chi connectivity index (χ1v) is 9.54. The Morgan fingerprint density at radius 1 is 1.20 bits per heavy atom. The standard InChI is InChI=1S/C19H20F2N4O5/c1-7-6-25-14-10(4-11(8(2)24-29)12(20)13(14)21)5-19(15(25)9(3)30-7)16(26)22-18(28)23-17(19)27/h4,7-9,15H,5-6H2,1-3H3,(H2,22,23,26,27,28)/t7-,8?,9+,15-/m1/s1. The molecule has 30 heavy (non-hydrogen) atoms. The van der Waals surface area contributed by atoms with E-state index in [1.54, 1.807) is 13.8 Å². The monoisotopic (exact) mass is 422 g/mol. The van der Waals surface area contributed by atoms with Crippen LogP contribution in [0.3, 0.4) is 0 Å². The van der Waals surface area contributed by atoms with Crippen LogP contribution in [-0.2, 0) is 20.7 Å². The maximum atomic E-state index is 15.2. The fraction of sp³-hybridized carbons (Fsp3) is 0.526. The van der Waals surface area contributed by atoms with Crippen LogP contribution in [0.4, 0.5) is 19.3 Å². The Hall–Kier alpha value is -2.95. The third-order valence-corrected chi connectivity index (χ3v) is 6.10. The van der Waals surface area contributed by atoms with Crippen molar-refractivity contribution in [3.05, 3.63) is 33.7 Å². The average Bonchev–Trinajstić information content (AvgIpc) is 2.67. The second kappa shape index (κ2) is 6.79. The van der Waals surface area contributed by atoms with Gasteiger partial charge in [-0.15, -0.1) is 0 Å². The molecular formula is C19H20F2N4O5. The van der Waals surface area contributed by atoms with Crippen molar-refractivity contribution in [2.75, 3.05) is 11.4 Å². The molecule has 11 heteroatoms. The summed E-state index contributed by atoms with van der Waals surface area (Å²) in [6.45, 7) is 4.78. The molecule has 2 fully saturated rings. The number of nitrogens with one attached hydrogen (secondary N) is 2. The number of amides is 4. The number of morpholine rings is 1. The molecule has 4 amide bonds. The zero-order chi connectivity index (χ0) is 22.0. The van der Waals surface area contributed by atoms with Crippen LogP contribution in [0, 0.1) is 22.0 Å². The van der Waals surface area contributed by atoms with E-state index in [0.717, 1.165) is 0 Å². The lowest BCUT2D eigenvalue weighted by atomic mass is 9.66. The Morgan fingerprint density at radius 3 is 2.43 bits per heavy atom. The molecule has 2 N–H and O–H groups in total. The molecule has 1 aromatic rings. The van der Waals surface area contributed by atoms with Gasteiger partial charge >= 0.3 is 6.03 Å². The summed E-state index contributed by atoms with van der Waals surface area (Å²) in [5.41, 5.74) is -1.97. The van der Waals surface area contributed by atoms with Gasteiger partial charge in [0.2, 0.25) is 11.8 Å². The summed E-state index contributed by atoms with van der Waals surface area (Å²) in [5, 5.41) is 6.99. The van der Waals surface area contributed by atoms with Crippen molar-refractivity contribution in [2.45, 2.75) is 51.5 Å². The van der Waals surface area contributed by atoms with Gasteiger partial charge in [-0.25, -0.2) is 13.6 Å². The Labute approximate surface area is 170 Å². The van der Waals surface area contributed by atoms with Crippen molar-refractivity contribution in [1.29, 1.82) is 0 Å². The molecule has 1 spiro atoms. The molecule has 0 radical (unpaired) electrons. The summed E-state index contributed by atoms with van der Waals surface area (Å²) < 4.78 is 35.8. The predicted molar refractivity (Wildman–Crippen MR) is 99.5 cm³/mol. The molecule has 160 valence electrons. The molecule has 1 aromatic carbocycles. The number of nitroso groups, excluding NO2 is 1. The number of fused-ring (bicyclic) bond motifs is 4. The molecule has 0 bridgehead atoms. The number of imide groups is 2. The summed E-state index contributed by atoms with van der Waals surface area (Å²) in [7, 11) is 0. The van der Waals surface area contributed by atoms with Gasteiger partial charge in [-0.3, -0.25) is 20.2 Å². The topological polar surface area (TPSA) is 117 Å². The minimum atomic E-state index is -1.81. The molecule has 0 aromatic heterocycles. The van der Waals surface area contributed by atoms with E-state index < -0.39 is 59.2 Å². The van der Waals surface area contributed by atoms with Gasteiger partial charge < -0.3 is 9.64 Å². The molecule has 3 aliphatic heterocycles. The van der Waals surface area contributed by atoms with E-state index in [4.69, 9.17) is 4.74 Å². The maximum Gasteiger partial charge on any atom is 0.328 e. The average molecular weight is 422 g/mol. The van der Waals surface area contributed by atoms with Gasteiger partial charge in [0.1, 0.15) is 6.04 Å². The first-order chi connectivity index (χ1) is 14.1. The van der Waals surface area contributed by atoms with Crippen LogP contribution in [0.2, 0.25) is 0 Å². The second-order valence-electron chi connectivity index (χ2n) is 8.02. The van der Waals surface area contributed by atoms with Crippen LogP contribution in [0.1, 0.15) is 37.9 Å². The molecule has 2 saturated heterocycles. The predicted octanol–water partition coefficient (Wildman–Crippen LogP) is 1.68. The number of urea groups is 1. The largest absolute Gasteiger partial charge is 0.372 e. The van der Waals surface area contributed by atoms with Crippen molar-refractivity contribution < 1.29 is 27.9 Å². The number of anilines is 1. The van der Waals surface area contributed by atoms with Crippen LogP contribution in [0.25, 0.3) is 0 Å². The quantitative estimate of drug-likeness (QED) is 0.553. The van der Waals surface area contributed by atoms with E-state index >= 15 is 4.39 Å². The Bertz CT molecular complexity index is 964. The molecule has 3 aliphatic rings. The van der Waals surface area contributed by atoms with Gasteiger partial charge in [-0.2, -0.15) is 4.91 Å². The first kappa shape index (κ1) is 20.3. The van der Waals surface area contributed by atoms with E-state index in [9.17, 15) is 23.7 Å². The molecule has 3 heterocycles. The highest BCUT2D eigenvalue weighted by Gasteiger charge is 2.63. The summed E-state index contributed by atoms with van der Waals surface area (Å²) in [6, 6.07) is -1.83. The van der Waals surface area contributed by atoms with Crippen LogP contribution in [-0.4, -0.2) is 42.6 Å². The van der Waals surface area contributed by atoms with E-state index in [1.165, 1.54) is 17.9 Å². The van der Waals surface area contributed by atoms with Crippen molar-refractivity contribution >= 4 is 23.5 Å². The van der Waals surface area contributed by atoms with E-state index in [1.807, 2.05) is 0 Å². The Balaban J connectivity index is 1.98. The zero-order valence-electron chi connectivity index (χ0n) is 16.5. The maximum absolute atomic E-state index is 15.2. The highest BCUT2D eigenvalue weighted by molar-refractivity contribution is 6.20. The van der Waals surface area contributed by atoms with E-state index in [-0.39, 0.29) is 29.8 Å². The van der Waals surface area contributed by atoms with Crippen LogP contribution in [0.15, 0.2) is 11.2 Å². The molecule has 4 rings (SSSR count). The lowest BCUT2D eigenvalue weighted by molar-refractivity contribution is -0.153. The minimum absolute atomic E-state index is 0.0792. The number of nitrogens with zero attached hydrogens (tertiary/aromatic N) is 2. The molecule has 1 unspecified atom stereocenters. The second-order valence-corrected chi connectivity index (χ2v) is 8.02. The lowest BCUT2D eigenvalue weighted by Gasteiger charge is -2.55. The van der Waals surface area contributed by atoms with Crippen molar-refractivity contribution in [3.8, 4) is 0 Å². The van der Waals surface area contributed by atoms with Crippen LogP contribution < -0.4 is 15.5 Å². The number of carbonyl (C=O) groups excluding carboxylic acids is 3. The SMILES string of the molecule is CC(N=O)c1cc2c(c(F)c1F)N1C[C@@H](C)O[C@@H](C)[C@@H]1C1(C2)C(=O)NC(=O)NC1=O. The summed E-state index contributed by atoms with van der Waals surface area (Å²) in [6.07, 6.45) is -1.40. The number of rotatable bonds is 2. The number of hydrogen-bond donors (Lipinski definition) is 2. The minimum Gasteiger partial charge on any atom is -0.372 e. The number of ether oxygens (including phenoxy) is 1. The third-order valence-electron chi connectivity index (χ3n) is 6.10. The highest BCUT2D eigenvalue weighted by atomic mass is 19.2. The number of hydrogen-bond acceptors (Lipinski definition) is 7. The van der Waals surface area contributed by atoms with Crippen LogP contribution in [0.5, 0.6) is 0 Å². The van der Waals surface area contributed by atoms with Gasteiger partial charge in [-0.05, 0) is 32.4 Å². The highest BCUT2D eigenvalue weighted by Crippen LogP contribution is 2.48. The van der Waals surface area contributed by atoms with Gasteiger partial charge in [-0.1, -0.05) is 5.18 Å². The molecular weight excluding hydrogens is 402 g/mol. The van der Waals surface area contributed by atoms with E-state index in [2.05, 4.69) is 15.8 Å². The van der Waals surface area contributed by atoms with Crippen molar-refractivity contribution in [2.24, 2.45) is 10.6 Å². The Kier molecular flexibility index (Phi) is 4.60. The lowest BCUT2D eigenvalue weighted by Crippen LogP contribution is -2.75. The number of benzene rings is 1. The van der Waals surface area contributed by atoms with Crippen LogP contribution >= 0.6 is 0 Å². The Morgan fingerprint density at radius 2 is 1.83 bits per heavy atom. The summed E-state index contributed by atoms with van der Waals surface area (Å²) in [4.78, 5) is 50.1. The first-order valence-electron chi connectivity index (χ1n) is 9.54. The molecule has 0 aliphatic carbocycles. The molecule has 9 nitrogen and oxygen atoms in total. The van der Waals surface area contributed by atoms with E-state index in [0.29, 0.717) is 0 Å². The van der Waals surface area contributed by atoms with Gasteiger partial charge in [0.05, 0.1) is 23.9 Å². The van der Waals surface area contributed by atoms with Gasteiger partial charge in [0.25, 0.3) is 0 Å². The normalized spacial score (nSPS) is 28.4. The third kappa shape index (κ3) is 2.64. The fourth-order valence-corrected chi connectivity index (χ4v) is 4.92. The summed E-state index contributed by atoms with van der Waals surface area (Å²) >= 11 is 0. The van der Waals surface area contributed by atoms with Crippen molar-refractivity contribution in [1.82, 2.24) is 10.6 Å². The number of carbonyl (C=O) groups is 3. The number of barbiturate groups is 1. The molecule has 0 saturated carbocycles. The number of halogens is 2. The fourth-order valence-electron chi connectivity index (χ4n) is 4.92. The van der Waals surface area contributed by atoms with Crippen molar-refractivity contribution in [3.63, 3.8) is 0 Å². The molecule has 4 atom stereocenters. The summed E-state index contributed by atoms with van der Waals surface area (Å²) in [5.74, 6) is -4.05. The smallest absolute Gasteiger partial charge is 0.328 e. The van der Waals surface area contributed by atoms with Gasteiger partial charge in [0.15, 0.2) is 17.0 Å².